The van der Waals surface area contributed by atoms with Gasteiger partial charge in [-0.3, -0.25) is 9.89 Å². The second-order valence-corrected chi connectivity index (χ2v) is 6.32. The highest BCUT2D eigenvalue weighted by molar-refractivity contribution is 6.30. The zero-order valence-electron chi connectivity index (χ0n) is 12.9. The lowest BCUT2D eigenvalue weighted by molar-refractivity contribution is 0.246. The van der Waals surface area contributed by atoms with Gasteiger partial charge in [-0.05, 0) is 37.2 Å². The maximum atomic E-state index is 5.95. The van der Waals surface area contributed by atoms with Crippen LogP contribution in [-0.2, 0) is 0 Å². The minimum atomic E-state index is 0.715. The Balaban J connectivity index is 1.38. The Hall–Kier alpha value is -1.46. The molecule has 2 aliphatic rings. The smallest absolute Gasteiger partial charge is 0.191 e. The van der Waals surface area contributed by atoms with Crippen molar-refractivity contribution in [3.8, 4) is 0 Å². The van der Waals surface area contributed by atoms with Crippen LogP contribution in [0.1, 0.15) is 6.42 Å². The van der Waals surface area contributed by atoms with Gasteiger partial charge in [-0.25, -0.2) is 0 Å². The van der Waals surface area contributed by atoms with Gasteiger partial charge in [0.05, 0.1) is 6.54 Å². The number of guanidine groups is 1. The van der Waals surface area contributed by atoms with Crippen LogP contribution >= 0.6 is 11.6 Å². The van der Waals surface area contributed by atoms with Crippen molar-refractivity contribution in [3.05, 3.63) is 29.3 Å². The maximum Gasteiger partial charge on any atom is 0.191 e. The number of piperazine rings is 1. The van der Waals surface area contributed by atoms with Crippen LogP contribution in [0.4, 0.5) is 5.69 Å². The predicted octanol–water partition coefficient (Wildman–Crippen LogP) is 1.48. The normalized spacial score (nSPS) is 19.6. The van der Waals surface area contributed by atoms with Crippen LogP contribution in [-0.4, -0.2) is 68.1 Å². The minimum Gasteiger partial charge on any atom is -0.370 e. The molecule has 2 aliphatic heterocycles. The van der Waals surface area contributed by atoms with Gasteiger partial charge in [0.1, 0.15) is 0 Å². The molecule has 0 radical (unpaired) electrons. The first-order valence-electron chi connectivity index (χ1n) is 8.00. The molecular weight excluding hydrogens is 298 g/mol. The second kappa shape index (κ2) is 7.20. The Morgan fingerprint density at radius 1 is 1.00 bits per heavy atom. The lowest BCUT2D eigenvalue weighted by Crippen LogP contribution is -2.47. The van der Waals surface area contributed by atoms with E-state index in [-0.39, 0.29) is 0 Å². The van der Waals surface area contributed by atoms with Crippen LogP contribution in [0.2, 0.25) is 5.02 Å². The number of nitrogens with two attached hydrogens (primary N) is 1. The van der Waals surface area contributed by atoms with E-state index in [2.05, 4.69) is 31.8 Å². The summed E-state index contributed by atoms with van der Waals surface area (Å²) in [5.74, 6) is 0.715. The fourth-order valence-electron chi connectivity index (χ4n) is 3.09. The third-order valence-corrected chi connectivity index (χ3v) is 4.69. The molecule has 1 fully saturated rings. The monoisotopic (exact) mass is 321 g/mol. The van der Waals surface area contributed by atoms with Crippen molar-refractivity contribution in [3.63, 3.8) is 0 Å². The summed E-state index contributed by atoms with van der Waals surface area (Å²) in [6.07, 6.45) is 1.15. The average molecular weight is 322 g/mol. The zero-order chi connectivity index (χ0) is 15.4. The van der Waals surface area contributed by atoms with Crippen LogP contribution in [0.25, 0.3) is 0 Å². The van der Waals surface area contributed by atoms with Gasteiger partial charge in [0.2, 0.25) is 0 Å². The van der Waals surface area contributed by atoms with E-state index in [0.29, 0.717) is 5.96 Å². The zero-order valence-corrected chi connectivity index (χ0v) is 13.7. The first kappa shape index (κ1) is 15.4. The van der Waals surface area contributed by atoms with E-state index >= 15 is 0 Å². The first-order valence-corrected chi connectivity index (χ1v) is 8.38. The third-order valence-electron chi connectivity index (χ3n) is 4.43. The van der Waals surface area contributed by atoms with E-state index in [1.807, 2.05) is 12.1 Å². The molecule has 2 N–H and O–H groups in total. The highest BCUT2D eigenvalue weighted by Gasteiger charge is 2.18. The summed E-state index contributed by atoms with van der Waals surface area (Å²) < 4.78 is 0. The summed E-state index contributed by atoms with van der Waals surface area (Å²) in [5, 5.41) is 0.798. The summed E-state index contributed by atoms with van der Waals surface area (Å²) in [4.78, 5) is 11.4. The molecule has 0 saturated carbocycles. The quantitative estimate of drug-likeness (QED) is 0.892. The number of halogens is 1. The van der Waals surface area contributed by atoms with E-state index in [9.17, 15) is 0 Å². The third kappa shape index (κ3) is 3.84. The molecule has 0 atom stereocenters. The second-order valence-electron chi connectivity index (χ2n) is 5.89. The molecule has 120 valence electrons. The van der Waals surface area contributed by atoms with Gasteiger partial charge < -0.3 is 15.5 Å². The Morgan fingerprint density at radius 3 is 2.36 bits per heavy atom. The minimum absolute atomic E-state index is 0.715. The summed E-state index contributed by atoms with van der Waals surface area (Å²) in [6.45, 7) is 8.38. The Bertz CT molecular complexity index is 508. The van der Waals surface area contributed by atoms with Crippen molar-refractivity contribution in [2.75, 3.05) is 57.3 Å². The molecule has 22 heavy (non-hydrogen) atoms. The Morgan fingerprint density at radius 2 is 1.73 bits per heavy atom. The van der Waals surface area contributed by atoms with E-state index in [4.69, 9.17) is 17.3 Å². The molecule has 0 aliphatic carbocycles. The first-order chi connectivity index (χ1) is 10.7. The molecule has 0 aromatic heterocycles. The van der Waals surface area contributed by atoms with Crippen molar-refractivity contribution in [2.24, 2.45) is 10.7 Å². The van der Waals surface area contributed by atoms with Crippen LogP contribution in [0.5, 0.6) is 0 Å². The van der Waals surface area contributed by atoms with Gasteiger partial charge in [-0.2, -0.15) is 0 Å². The number of rotatable bonds is 5. The molecule has 0 unspecified atom stereocenters. The lowest BCUT2D eigenvalue weighted by atomic mass is 10.2. The highest BCUT2D eigenvalue weighted by atomic mass is 35.5. The number of anilines is 1. The molecule has 1 aromatic rings. The number of hydrogen-bond donors (Lipinski definition) is 1. The predicted molar refractivity (Wildman–Crippen MR) is 92.8 cm³/mol. The van der Waals surface area contributed by atoms with E-state index in [0.717, 1.165) is 63.8 Å². The maximum absolute atomic E-state index is 5.95. The molecule has 0 spiro atoms. The van der Waals surface area contributed by atoms with Crippen molar-refractivity contribution in [2.45, 2.75) is 6.42 Å². The SMILES string of the molecule is NC1=NCCN1CCCN1CCN(c2ccc(Cl)cc2)CC1. The van der Waals surface area contributed by atoms with Gasteiger partial charge in [-0.15, -0.1) is 0 Å². The summed E-state index contributed by atoms with van der Waals surface area (Å²) in [7, 11) is 0. The van der Waals surface area contributed by atoms with Crippen LogP contribution < -0.4 is 10.6 Å². The van der Waals surface area contributed by atoms with Crippen molar-refractivity contribution in [1.82, 2.24) is 9.80 Å². The molecule has 0 amide bonds. The summed E-state index contributed by atoms with van der Waals surface area (Å²) in [6, 6.07) is 8.14. The molecule has 2 heterocycles. The highest BCUT2D eigenvalue weighted by Crippen LogP contribution is 2.19. The van der Waals surface area contributed by atoms with Crippen LogP contribution in [0, 0.1) is 0 Å². The Labute approximate surface area is 137 Å². The topological polar surface area (TPSA) is 48.1 Å². The van der Waals surface area contributed by atoms with Crippen LogP contribution in [0.15, 0.2) is 29.3 Å². The van der Waals surface area contributed by atoms with Crippen LogP contribution in [0.3, 0.4) is 0 Å². The van der Waals surface area contributed by atoms with Crippen molar-refractivity contribution < 1.29 is 0 Å². The van der Waals surface area contributed by atoms with Gasteiger partial charge in [0.25, 0.3) is 0 Å². The molecular formula is C16H24ClN5. The standard InChI is InChI=1S/C16H24ClN5/c17-14-2-4-15(5-3-14)21-12-10-20(11-13-21)7-1-8-22-9-6-19-16(22)18/h2-5H,1,6-13H2,(H2,18,19). The molecule has 1 saturated heterocycles. The van der Waals surface area contributed by atoms with Crippen molar-refractivity contribution in [1.29, 1.82) is 0 Å². The van der Waals surface area contributed by atoms with E-state index in [1.54, 1.807) is 0 Å². The molecule has 5 nitrogen and oxygen atoms in total. The fourth-order valence-corrected chi connectivity index (χ4v) is 3.22. The fraction of sp³-hybridized carbons (Fsp3) is 0.562. The molecule has 3 rings (SSSR count). The summed E-state index contributed by atoms with van der Waals surface area (Å²) in [5.41, 5.74) is 7.11. The average Bonchev–Trinajstić information content (AvgIpc) is 2.94. The number of nitrogens with zero attached hydrogens (tertiary/aromatic N) is 4. The molecule has 6 heteroatoms. The number of aliphatic imine (C=N–C) groups is 1. The van der Waals surface area contributed by atoms with Gasteiger partial charge in [-0.1, -0.05) is 11.6 Å². The van der Waals surface area contributed by atoms with Gasteiger partial charge in [0.15, 0.2) is 5.96 Å². The van der Waals surface area contributed by atoms with Gasteiger partial charge >= 0.3 is 0 Å². The van der Waals surface area contributed by atoms with E-state index in [1.165, 1.54) is 5.69 Å². The number of hydrogen-bond acceptors (Lipinski definition) is 5. The van der Waals surface area contributed by atoms with Crippen molar-refractivity contribution >= 4 is 23.2 Å². The molecule has 1 aromatic carbocycles. The largest absolute Gasteiger partial charge is 0.370 e. The summed E-state index contributed by atoms with van der Waals surface area (Å²) >= 11 is 5.95. The lowest BCUT2D eigenvalue weighted by Gasteiger charge is -2.36. The van der Waals surface area contributed by atoms with Gasteiger partial charge in [0, 0.05) is 50.0 Å². The molecule has 0 bridgehead atoms. The number of benzene rings is 1. The van der Waals surface area contributed by atoms with E-state index < -0.39 is 0 Å². The Kier molecular flexibility index (Phi) is 5.05.